The van der Waals surface area contributed by atoms with Crippen molar-refractivity contribution in [1.29, 1.82) is 0 Å². The van der Waals surface area contributed by atoms with Gasteiger partial charge in [0.2, 0.25) is 0 Å². The van der Waals surface area contributed by atoms with Crippen molar-refractivity contribution in [2.75, 3.05) is 13.6 Å². The van der Waals surface area contributed by atoms with Crippen molar-refractivity contribution in [1.82, 2.24) is 10.2 Å². The summed E-state index contributed by atoms with van der Waals surface area (Å²) in [5.74, 6) is 1.03. The fraction of sp³-hybridized carbons (Fsp3) is 1.00. The minimum Gasteiger partial charge on any atom is -0.317 e. The molecule has 2 rings (SSSR count). The van der Waals surface area contributed by atoms with Crippen LogP contribution in [0.3, 0.4) is 0 Å². The Kier molecular flexibility index (Phi) is 4.26. The maximum atomic E-state index is 3.47. The van der Waals surface area contributed by atoms with Crippen LogP contribution in [0.2, 0.25) is 0 Å². The predicted octanol–water partition coefficient (Wildman–Crippen LogP) is 2.64. The topological polar surface area (TPSA) is 15.3 Å². The van der Waals surface area contributed by atoms with Gasteiger partial charge in [-0.15, -0.1) is 0 Å². The van der Waals surface area contributed by atoms with Gasteiger partial charge in [-0.1, -0.05) is 6.42 Å². The molecule has 0 aromatic carbocycles. The van der Waals surface area contributed by atoms with Gasteiger partial charge < -0.3 is 5.32 Å². The standard InChI is InChI=1S/C14H28N2/c1-11(2)16(10-12-7-8-12)14-6-4-5-13(9-14)15-3/h11-15H,4-10H2,1-3H3. The van der Waals surface area contributed by atoms with Gasteiger partial charge in [-0.25, -0.2) is 0 Å². The zero-order valence-electron chi connectivity index (χ0n) is 11.2. The molecule has 0 heterocycles. The Labute approximate surface area is 101 Å². The lowest BCUT2D eigenvalue weighted by Gasteiger charge is -2.40. The van der Waals surface area contributed by atoms with E-state index in [0.717, 1.165) is 24.0 Å². The molecule has 0 radical (unpaired) electrons. The second-order valence-corrected chi connectivity index (χ2v) is 6.04. The molecule has 16 heavy (non-hydrogen) atoms. The largest absolute Gasteiger partial charge is 0.317 e. The third-order valence-corrected chi connectivity index (χ3v) is 4.35. The summed E-state index contributed by atoms with van der Waals surface area (Å²) in [7, 11) is 2.12. The van der Waals surface area contributed by atoms with Crippen LogP contribution in [-0.4, -0.2) is 36.6 Å². The second-order valence-electron chi connectivity index (χ2n) is 6.04. The molecule has 0 bridgehead atoms. The van der Waals surface area contributed by atoms with E-state index in [1.807, 2.05) is 0 Å². The summed E-state index contributed by atoms with van der Waals surface area (Å²) in [6, 6.07) is 2.33. The first kappa shape index (κ1) is 12.4. The summed E-state index contributed by atoms with van der Waals surface area (Å²) < 4.78 is 0. The van der Waals surface area contributed by atoms with E-state index in [1.165, 1.54) is 45.1 Å². The van der Waals surface area contributed by atoms with Gasteiger partial charge in [0.25, 0.3) is 0 Å². The molecule has 2 aliphatic carbocycles. The second kappa shape index (κ2) is 5.50. The predicted molar refractivity (Wildman–Crippen MR) is 69.7 cm³/mol. The van der Waals surface area contributed by atoms with Gasteiger partial charge in [-0.2, -0.15) is 0 Å². The molecule has 2 saturated carbocycles. The van der Waals surface area contributed by atoms with E-state index >= 15 is 0 Å². The van der Waals surface area contributed by atoms with Crippen LogP contribution in [0, 0.1) is 5.92 Å². The highest BCUT2D eigenvalue weighted by Gasteiger charge is 2.32. The molecule has 2 heteroatoms. The van der Waals surface area contributed by atoms with Gasteiger partial charge >= 0.3 is 0 Å². The monoisotopic (exact) mass is 224 g/mol. The number of nitrogens with one attached hydrogen (secondary N) is 1. The van der Waals surface area contributed by atoms with E-state index in [4.69, 9.17) is 0 Å². The smallest absolute Gasteiger partial charge is 0.0113 e. The van der Waals surface area contributed by atoms with E-state index < -0.39 is 0 Å². The van der Waals surface area contributed by atoms with Crippen molar-refractivity contribution < 1.29 is 0 Å². The summed E-state index contributed by atoms with van der Waals surface area (Å²) >= 11 is 0. The Morgan fingerprint density at radius 1 is 1.19 bits per heavy atom. The highest BCUT2D eigenvalue weighted by Crippen LogP contribution is 2.33. The molecule has 0 aliphatic heterocycles. The van der Waals surface area contributed by atoms with Gasteiger partial charge in [-0.05, 0) is 58.9 Å². The molecule has 2 unspecified atom stereocenters. The van der Waals surface area contributed by atoms with Crippen molar-refractivity contribution in [2.45, 2.75) is 70.5 Å². The lowest BCUT2D eigenvalue weighted by molar-refractivity contribution is 0.103. The fourth-order valence-corrected chi connectivity index (χ4v) is 3.11. The number of rotatable bonds is 5. The van der Waals surface area contributed by atoms with Crippen LogP contribution >= 0.6 is 0 Å². The van der Waals surface area contributed by atoms with Crippen LogP contribution in [0.5, 0.6) is 0 Å². The molecule has 1 N–H and O–H groups in total. The maximum absolute atomic E-state index is 3.47. The van der Waals surface area contributed by atoms with E-state index in [2.05, 4.69) is 31.1 Å². The van der Waals surface area contributed by atoms with Crippen LogP contribution < -0.4 is 5.32 Å². The highest BCUT2D eigenvalue weighted by molar-refractivity contribution is 4.88. The molecule has 0 amide bonds. The molecule has 2 atom stereocenters. The first-order valence-electron chi connectivity index (χ1n) is 7.13. The molecule has 0 aromatic rings. The average Bonchev–Trinajstić information content (AvgIpc) is 3.09. The minimum absolute atomic E-state index is 0.723. The Hall–Kier alpha value is -0.0800. The highest BCUT2D eigenvalue weighted by atomic mass is 15.2. The maximum Gasteiger partial charge on any atom is 0.0113 e. The molecule has 94 valence electrons. The number of nitrogens with zero attached hydrogens (tertiary/aromatic N) is 1. The van der Waals surface area contributed by atoms with Gasteiger partial charge in [-0.3, -0.25) is 4.90 Å². The first-order chi connectivity index (χ1) is 7.70. The number of hydrogen-bond donors (Lipinski definition) is 1. The van der Waals surface area contributed by atoms with Crippen molar-refractivity contribution in [3.8, 4) is 0 Å². The van der Waals surface area contributed by atoms with E-state index in [-0.39, 0.29) is 0 Å². The minimum atomic E-state index is 0.723. The van der Waals surface area contributed by atoms with Gasteiger partial charge in [0.15, 0.2) is 0 Å². The zero-order valence-corrected chi connectivity index (χ0v) is 11.2. The molecular weight excluding hydrogens is 196 g/mol. The van der Waals surface area contributed by atoms with Crippen molar-refractivity contribution in [3.63, 3.8) is 0 Å². The van der Waals surface area contributed by atoms with Crippen LogP contribution in [-0.2, 0) is 0 Å². The first-order valence-corrected chi connectivity index (χ1v) is 7.13. The average molecular weight is 224 g/mol. The summed E-state index contributed by atoms with van der Waals surface area (Å²) in [5.41, 5.74) is 0. The Bertz CT molecular complexity index is 211. The Balaban J connectivity index is 1.89. The lowest BCUT2D eigenvalue weighted by Crippen LogP contribution is -2.47. The molecule has 2 fully saturated rings. The molecule has 0 spiro atoms. The summed E-state index contributed by atoms with van der Waals surface area (Å²) in [6.07, 6.45) is 8.52. The Morgan fingerprint density at radius 3 is 2.50 bits per heavy atom. The van der Waals surface area contributed by atoms with Crippen molar-refractivity contribution in [3.05, 3.63) is 0 Å². The fourth-order valence-electron chi connectivity index (χ4n) is 3.11. The molecule has 2 aliphatic rings. The summed E-state index contributed by atoms with van der Waals surface area (Å²) in [4.78, 5) is 2.78. The molecule has 0 aromatic heterocycles. The normalized spacial score (nSPS) is 31.3. The third kappa shape index (κ3) is 3.21. The van der Waals surface area contributed by atoms with Crippen LogP contribution in [0.1, 0.15) is 52.4 Å². The molecular formula is C14H28N2. The number of hydrogen-bond acceptors (Lipinski definition) is 2. The molecule has 0 saturated heterocycles. The molecule has 2 nitrogen and oxygen atoms in total. The third-order valence-electron chi connectivity index (χ3n) is 4.35. The summed E-state index contributed by atoms with van der Waals surface area (Å²) in [6.45, 7) is 6.09. The SMILES string of the molecule is CNC1CCCC(N(CC2CC2)C(C)C)C1. The zero-order chi connectivity index (χ0) is 11.5. The van der Waals surface area contributed by atoms with E-state index in [1.54, 1.807) is 0 Å². The van der Waals surface area contributed by atoms with Gasteiger partial charge in [0.1, 0.15) is 0 Å². The quantitative estimate of drug-likeness (QED) is 0.772. The van der Waals surface area contributed by atoms with Crippen molar-refractivity contribution >= 4 is 0 Å². The van der Waals surface area contributed by atoms with Crippen LogP contribution in [0.4, 0.5) is 0 Å². The van der Waals surface area contributed by atoms with Gasteiger partial charge in [0, 0.05) is 24.7 Å². The summed E-state index contributed by atoms with van der Waals surface area (Å²) in [5, 5.41) is 3.47. The van der Waals surface area contributed by atoms with Crippen molar-refractivity contribution in [2.24, 2.45) is 5.92 Å². The van der Waals surface area contributed by atoms with Crippen LogP contribution in [0.25, 0.3) is 0 Å². The van der Waals surface area contributed by atoms with Crippen LogP contribution in [0.15, 0.2) is 0 Å². The lowest BCUT2D eigenvalue weighted by atomic mass is 9.89. The Morgan fingerprint density at radius 2 is 1.94 bits per heavy atom. The van der Waals surface area contributed by atoms with E-state index in [0.29, 0.717) is 0 Å². The van der Waals surface area contributed by atoms with Gasteiger partial charge in [0.05, 0.1) is 0 Å². The van der Waals surface area contributed by atoms with E-state index in [9.17, 15) is 0 Å².